The van der Waals surface area contributed by atoms with Gasteiger partial charge in [-0.3, -0.25) is 0 Å². The first kappa shape index (κ1) is 20.3. The highest BCUT2D eigenvalue weighted by Gasteiger charge is 2.18. The first-order chi connectivity index (χ1) is 14.0. The maximum atomic E-state index is 12.6. The molecule has 2 amide bonds. The zero-order valence-electron chi connectivity index (χ0n) is 15.9. The molecule has 0 aliphatic rings. The fourth-order valence-electron chi connectivity index (χ4n) is 2.98. The van der Waals surface area contributed by atoms with Gasteiger partial charge in [0.05, 0.1) is 12.4 Å². The summed E-state index contributed by atoms with van der Waals surface area (Å²) in [6.07, 6.45) is 5.84. The van der Waals surface area contributed by atoms with Gasteiger partial charge in [0.1, 0.15) is 5.75 Å². The Morgan fingerprint density at radius 1 is 1.17 bits per heavy atom. The number of urea groups is 1. The van der Waals surface area contributed by atoms with E-state index in [1.54, 1.807) is 42.9 Å². The van der Waals surface area contributed by atoms with Crippen LogP contribution in [0.5, 0.6) is 5.75 Å². The number of halogens is 2. The lowest BCUT2D eigenvalue weighted by molar-refractivity contribution is -0.0506. The van der Waals surface area contributed by atoms with Crippen LogP contribution in [0.2, 0.25) is 0 Å². The quantitative estimate of drug-likeness (QED) is 0.570. The largest absolute Gasteiger partial charge is 0.434 e. The van der Waals surface area contributed by atoms with Crippen LogP contribution in [-0.2, 0) is 6.54 Å². The van der Waals surface area contributed by atoms with Gasteiger partial charge in [0.2, 0.25) is 0 Å². The van der Waals surface area contributed by atoms with E-state index in [4.69, 9.17) is 0 Å². The number of imidazole rings is 1. The van der Waals surface area contributed by atoms with Crippen LogP contribution in [0, 0.1) is 0 Å². The summed E-state index contributed by atoms with van der Waals surface area (Å²) in [4.78, 5) is 16.4. The molecule has 3 rings (SSSR count). The molecule has 0 fully saturated rings. The number of nitrogens with one attached hydrogen (secondary N) is 2. The van der Waals surface area contributed by atoms with Gasteiger partial charge < -0.3 is 19.9 Å². The fourth-order valence-corrected chi connectivity index (χ4v) is 2.98. The lowest BCUT2D eigenvalue weighted by Crippen LogP contribution is -2.32. The molecule has 1 atom stereocenters. The molecule has 6 nitrogen and oxygen atoms in total. The van der Waals surface area contributed by atoms with Gasteiger partial charge in [-0.25, -0.2) is 9.78 Å². The van der Waals surface area contributed by atoms with Crippen molar-refractivity contribution in [1.82, 2.24) is 14.9 Å². The van der Waals surface area contributed by atoms with Gasteiger partial charge >= 0.3 is 12.6 Å². The number of hydrogen-bond donors (Lipinski definition) is 2. The minimum absolute atomic E-state index is 0.0542. The van der Waals surface area contributed by atoms with E-state index >= 15 is 0 Å². The SMILES string of the molecule is CCC(NC(=O)Nc1ccc(Cn2ccnc2)cc1)c1ccccc1OC(F)F. The van der Waals surface area contributed by atoms with Crippen molar-refractivity contribution in [3.05, 3.63) is 78.4 Å². The van der Waals surface area contributed by atoms with E-state index in [1.165, 1.54) is 6.07 Å². The van der Waals surface area contributed by atoms with Crippen LogP contribution in [-0.4, -0.2) is 22.2 Å². The number of nitrogens with zero attached hydrogens (tertiary/aromatic N) is 2. The van der Waals surface area contributed by atoms with E-state index in [1.807, 2.05) is 29.8 Å². The molecule has 0 saturated heterocycles. The average molecular weight is 400 g/mol. The molecule has 1 heterocycles. The van der Waals surface area contributed by atoms with Crippen LogP contribution >= 0.6 is 0 Å². The van der Waals surface area contributed by atoms with Crippen molar-refractivity contribution in [1.29, 1.82) is 0 Å². The Balaban J connectivity index is 1.62. The first-order valence-corrected chi connectivity index (χ1v) is 9.21. The van der Waals surface area contributed by atoms with Crippen molar-refractivity contribution >= 4 is 11.7 Å². The predicted molar refractivity (Wildman–Crippen MR) is 106 cm³/mol. The maximum Gasteiger partial charge on any atom is 0.387 e. The van der Waals surface area contributed by atoms with Gasteiger partial charge in [0.25, 0.3) is 0 Å². The number of benzene rings is 2. The monoisotopic (exact) mass is 400 g/mol. The third kappa shape index (κ3) is 5.78. The van der Waals surface area contributed by atoms with Crippen molar-refractivity contribution in [2.24, 2.45) is 0 Å². The zero-order chi connectivity index (χ0) is 20.6. The molecule has 0 aliphatic carbocycles. The van der Waals surface area contributed by atoms with Crippen molar-refractivity contribution < 1.29 is 18.3 Å². The Morgan fingerprint density at radius 3 is 2.59 bits per heavy atom. The van der Waals surface area contributed by atoms with E-state index in [0.717, 1.165) is 5.56 Å². The number of rotatable bonds is 8. The standard InChI is InChI=1S/C21H22F2N4O2/c1-2-18(17-5-3-4-6-19(17)29-20(22)23)26-21(28)25-16-9-7-15(8-10-16)13-27-12-11-24-14-27/h3-12,14,18,20H,2,13H2,1H3,(H2,25,26,28). The molecular formula is C21H22F2N4O2. The molecule has 0 saturated carbocycles. The molecule has 0 spiro atoms. The summed E-state index contributed by atoms with van der Waals surface area (Å²) < 4.78 is 31.8. The van der Waals surface area contributed by atoms with Gasteiger partial charge in [-0.2, -0.15) is 8.78 Å². The molecule has 152 valence electrons. The first-order valence-electron chi connectivity index (χ1n) is 9.21. The highest BCUT2D eigenvalue weighted by molar-refractivity contribution is 5.89. The minimum atomic E-state index is -2.93. The Bertz CT molecular complexity index is 915. The number of alkyl halides is 2. The molecular weight excluding hydrogens is 378 g/mol. The third-order valence-electron chi connectivity index (χ3n) is 4.36. The molecule has 1 aromatic heterocycles. The summed E-state index contributed by atoms with van der Waals surface area (Å²) in [7, 11) is 0. The van der Waals surface area contributed by atoms with Crippen molar-refractivity contribution in [2.75, 3.05) is 5.32 Å². The number of aromatic nitrogens is 2. The number of para-hydroxylation sites is 1. The molecule has 29 heavy (non-hydrogen) atoms. The fraction of sp³-hybridized carbons (Fsp3) is 0.238. The Labute approximate surface area is 167 Å². The van der Waals surface area contributed by atoms with E-state index in [2.05, 4.69) is 20.4 Å². The lowest BCUT2D eigenvalue weighted by atomic mass is 10.0. The molecule has 0 radical (unpaired) electrons. The van der Waals surface area contributed by atoms with Crippen LogP contribution in [0.3, 0.4) is 0 Å². The van der Waals surface area contributed by atoms with Crippen LogP contribution in [0.4, 0.5) is 19.3 Å². The van der Waals surface area contributed by atoms with Gasteiger partial charge in [-0.05, 0) is 30.2 Å². The molecule has 1 unspecified atom stereocenters. The number of carbonyl (C=O) groups is 1. The van der Waals surface area contributed by atoms with Gasteiger partial charge in [-0.1, -0.05) is 37.3 Å². The summed E-state index contributed by atoms with van der Waals surface area (Å²) in [5.74, 6) is 0.0542. The molecule has 2 aromatic carbocycles. The highest BCUT2D eigenvalue weighted by Crippen LogP contribution is 2.28. The van der Waals surface area contributed by atoms with E-state index in [9.17, 15) is 13.6 Å². The van der Waals surface area contributed by atoms with Crippen LogP contribution < -0.4 is 15.4 Å². The summed E-state index contributed by atoms with van der Waals surface area (Å²) in [5, 5.41) is 5.57. The van der Waals surface area contributed by atoms with Crippen LogP contribution in [0.15, 0.2) is 67.3 Å². The summed E-state index contributed by atoms with van der Waals surface area (Å²) in [6, 6.07) is 13.0. The van der Waals surface area contributed by atoms with Crippen molar-refractivity contribution in [3.63, 3.8) is 0 Å². The third-order valence-corrected chi connectivity index (χ3v) is 4.36. The normalized spacial score (nSPS) is 11.9. The lowest BCUT2D eigenvalue weighted by Gasteiger charge is -2.21. The second kappa shape index (κ2) is 9.68. The second-order valence-corrected chi connectivity index (χ2v) is 6.41. The van der Waals surface area contributed by atoms with Crippen LogP contribution in [0.1, 0.15) is 30.5 Å². The highest BCUT2D eigenvalue weighted by atomic mass is 19.3. The van der Waals surface area contributed by atoms with Crippen LogP contribution in [0.25, 0.3) is 0 Å². The second-order valence-electron chi connectivity index (χ2n) is 6.41. The van der Waals surface area contributed by atoms with Gasteiger partial charge in [-0.15, -0.1) is 0 Å². The Kier molecular flexibility index (Phi) is 6.78. The molecule has 8 heteroatoms. The molecule has 0 aliphatic heterocycles. The summed E-state index contributed by atoms with van der Waals surface area (Å²) in [5.41, 5.74) is 2.20. The molecule has 0 bridgehead atoms. The molecule has 2 N–H and O–H groups in total. The van der Waals surface area contributed by atoms with Gasteiger partial charge in [0.15, 0.2) is 0 Å². The summed E-state index contributed by atoms with van der Waals surface area (Å²) >= 11 is 0. The number of amides is 2. The Morgan fingerprint density at radius 2 is 1.93 bits per heavy atom. The zero-order valence-corrected chi connectivity index (χ0v) is 15.9. The number of ether oxygens (including phenoxy) is 1. The average Bonchev–Trinajstić information content (AvgIpc) is 3.21. The smallest absolute Gasteiger partial charge is 0.387 e. The van der Waals surface area contributed by atoms with E-state index in [-0.39, 0.29) is 5.75 Å². The van der Waals surface area contributed by atoms with Crippen molar-refractivity contribution in [3.8, 4) is 5.75 Å². The number of anilines is 1. The summed E-state index contributed by atoms with van der Waals surface area (Å²) in [6.45, 7) is -0.386. The maximum absolute atomic E-state index is 12.6. The Hall–Kier alpha value is -3.42. The minimum Gasteiger partial charge on any atom is -0.434 e. The topological polar surface area (TPSA) is 68.2 Å². The molecule has 3 aromatic rings. The number of hydrogen-bond acceptors (Lipinski definition) is 3. The predicted octanol–water partition coefficient (Wildman–Crippen LogP) is 4.81. The van der Waals surface area contributed by atoms with E-state index in [0.29, 0.717) is 24.2 Å². The number of carbonyl (C=O) groups excluding carboxylic acids is 1. The van der Waals surface area contributed by atoms with E-state index < -0.39 is 18.7 Å². The van der Waals surface area contributed by atoms with Crippen molar-refractivity contribution in [2.45, 2.75) is 32.5 Å². The van der Waals surface area contributed by atoms with Gasteiger partial charge in [0, 0.05) is 30.2 Å².